The quantitative estimate of drug-likeness (QED) is 0.377. The van der Waals surface area contributed by atoms with Gasteiger partial charge in [-0.2, -0.15) is 10.2 Å². The minimum atomic E-state index is -0.178. The maximum atomic E-state index is 13.0. The highest BCUT2D eigenvalue weighted by Gasteiger charge is 2.18. The van der Waals surface area contributed by atoms with E-state index in [-0.39, 0.29) is 23.7 Å². The highest BCUT2D eigenvalue weighted by molar-refractivity contribution is 5.76. The van der Waals surface area contributed by atoms with Crippen LogP contribution in [0.4, 0.5) is 10.6 Å². The summed E-state index contributed by atoms with van der Waals surface area (Å²) in [6.45, 7) is 10.3. The molecule has 0 aromatic carbocycles. The summed E-state index contributed by atoms with van der Waals surface area (Å²) in [4.78, 5) is 33.8. The van der Waals surface area contributed by atoms with E-state index in [2.05, 4.69) is 41.5 Å². The van der Waals surface area contributed by atoms with Crippen LogP contribution in [-0.2, 0) is 4.79 Å². The zero-order valence-electron chi connectivity index (χ0n) is 18.6. The van der Waals surface area contributed by atoms with Crippen LogP contribution in [0.25, 0.3) is 0 Å². The number of rotatable bonds is 13. The number of nitrogens with zero attached hydrogens (tertiary/aromatic N) is 5. The molecule has 1 aromatic heterocycles. The van der Waals surface area contributed by atoms with Gasteiger partial charge in [0.2, 0.25) is 11.7 Å². The molecule has 166 valence electrons. The molecule has 1 rings (SSSR count). The number of aromatic nitrogens is 2. The molecule has 0 radical (unpaired) electrons. The lowest BCUT2D eigenvalue weighted by molar-refractivity contribution is -0.118. The average molecular weight is 418 g/mol. The molecule has 1 heterocycles. The van der Waals surface area contributed by atoms with Crippen molar-refractivity contribution in [2.24, 2.45) is 5.92 Å². The van der Waals surface area contributed by atoms with Gasteiger partial charge in [-0.05, 0) is 31.6 Å². The average Bonchev–Trinajstić information content (AvgIpc) is 2.71. The van der Waals surface area contributed by atoms with Gasteiger partial charge in [0.15, 0.2) is 5.82 Å². The Morgan fingerprint density at radius 1 is 1.20 bits per heavy atom. The smallest absolute Gasteiger partial charge is 0.336 e. The summed E-state index contributed by atoms with van der Waals surface area (Å²) in [5.41, 5.74) is 2.96. The van der Waals surface area contributed by atoms with E-state index in [1.807, 2.05) is 11.0 Å². The maximum Gasteiger partial charge on any atom is 0.336 e. The molecule has 0 aliphatic carbocycles. The van der Waals surface area contributed by atoms with Gasteiger partial charge in [0.05, 0.1) is 0 Å². The van der Waals surface area contributed by atoms with Crippen molar-refractivity contribution in [1.29, 1.82) is 5.26 Å². The monoisotopic (exact) mass is 417 g/mol. The van der Waals surface area contributed by atoms with E-state index in [1.165, 1.54) is 13.1 Å². The lowest BCUT2D eigenvalue weighted by Gasteiger charge is -2.30. The number of hydrazine groups is 1. The van der Waals surface area contributed by atoms with Gasteiger partial charge in [0, 0.05) is 45.4 Å². The molecule has 0 unspecified atom stereocenters. The number of nitriles is 1. The van der Waals surface area contributed by atoms with Crippen LogP contribution in [0.15, 0.2) is 12.3 Å². The van der Waals surface area contributed by atoms with E-state index in [0.717, 1.165) is 32.1 Å². The van der Waals surface area contributed by atoms with E-state index < -0.39 is 0 Å². The van der Waals surface area contributed by atoms with Gasteiger partial charge >= 0.3 is 6.03 Å². The number of urea groups is 1. The molecule has 0 saturated carbocycles. The van der Waals surface area contributed by atoms with Gasteiger partial charge in [-0.1, -0.05) is 27.2 Å². The van der Waals surface area contributed by atoms with Gasteiger partial charge in [-0.25, -0.2) is 15.2 Å². The van der Waals surface area contributed by atoms with Crippen molar-refractivity contribution < 1.29 is 9.59 Å². The second-order valence-corrected chi connectivity index (χ2v) is 7.66. The van der Waals surface area contributed by atoms with E-state index in [1.54, 1.807) is 11.1 Å². The zero-order chi connectivity index (χ0) is 22.4. The predicted molar refractivity (Wildman–Crippen MR) is 116 cm³/mol. The Balaban J connectivity index is 2.73. The van der Waals surface area contributed by atoms with Crippen LogP contribution in [0.2, 0.25) is 0 Å². The third kappa shape index (κ3) is 10.0. The summed E-state index contributed by atoms with van der Waals surface area (Å²) in [6.07, 6.45) is 6.13. The number of carbonyl (C=O) groups is 2. The Bertz CT molecular complexity index is 703. The standard InChI is InChI=1S/C21H35N7O2/c1-5-6-13-27(14-9-7-8-11-23-18(4)29)21(30)26-28(16-17(2)3)20-10-12-24-19(15-22)25-20/h10,12,17H,5-9,11,13-14,16H2,1-4H3,(H,23,29)(H,26,30). The molecule has 30 heavy (non-hydrogen) atoms. The Kier molecular flexibility index (Phi) is 11.9. The minimum absolute atomic E-state index is 0.0199. The third-order valence-electron chi connectivity index (χ3n) is 4.34. The molecule has 0 bridgehead atoms. The fraction of sp³-hybridized carbons (Fsp3) is 0.667. The lowest BCUT2D eigenvalue weighted by Crippen LogP contribution is -2.51. The normalized spacial score (nSPS) is 10.4. The highest BCUT2D eigenvalue weighted by atomic mass is 16.2. The SMILES string of the molecule is CCCCN(CCCCCNC(C)=O)C(=O)NN(CC(C)C)c1ccnc(C#N)n1. The molecule has 2 N–H and O–H groups in total. The van der Waals surface area contributed by atoms with Crippen LogP contribution >= 0.6 is 0 Å². The number of amides is 3. The van der Waals surface area contributed by atoms with Gasteiger partial charge in [0.25, 0.3) is 0 Å². The van der Waals surface area contributed by atoms with Gasteiger partial charge in [0.1, 0.15) is 6.07 Å². The summed E-state index contributed by atoms with van der Waals surface area (Å²) >= 11 is 0. The second-order valence-electron chi connectivity index (χ2n) is 7.66. The highest BCUT2D eigenvalue weighted by Crippen LogP contribution is 2.11. The molecule has 9 nitrogen and oxygen atoms in total. The molecule has 0 spiro atoms. The van der Waals surface area contributed by atoms with Gasteiger partial charge < -0.3 is 10.2 Å². The van der Waals surface area contributed by atoms with Crippen molar-refractivity contribution in [3.05, 3.63) is 18.1 Å². The fourth-order valence-electron chi connectivity index (χ4n) is 2.83. The summed E-state index contributed by atoms with van der Waals surface area (Å²) < 4.78 is 0. The second kappa shape index (κ2) is 14.1. The molecule has 0 saturated heterocycles. The first-order valence-electron chi connectivity index (χ1n) is 10.7. The van der Waals surface area contributed by atoms with E-state index in [9.17, 15) is 9.59 Å². The fourth-order valence-corrected chi connectivity index (χ4v) is 2.83. The van der Waals surface area contributed by atoms with Crippen molar-refractivity contribution in [3.8, 4) is 6.07 Å². The minimum Gasteiger partial charge on any atom is -0.356 e. The third-order valence-corrected chi connectivity index (χ3v) is 4.34. The lowest BCUT2D eigenvalue weighted by atomic mass is 10.2. The number of unbranched alkanes of at least 4 members (excludes halogenated alkanes) is 3. The van der Waals surface area contributed by atoms with E-state index >= 15 is 0 Å². The Morgan fingerprint density at radius 2 is 1.93 bits per heavy atom. The Morgan fingerprint density at radius 3 is 2.57 bits per heavy atom. The van der Waals surface area contributed by atoms with Crippen LogP contribution in [0, 0.1) is 17.2 Å². The molecule has 9 heteroatoms. The van der Waals surface area contributed by atoms with Gasteiger partial charge in [-0.3, -0.25) is 9.80 Å². The van der Waals surface area contributed by atoms with E-state index in [0.29, 0.717) is 32.0 Å². The van der Waals surface area contributed by atoms with Gasteiger partial charge in [-0.15, -0.1) is 0 Å². The van der Waals surface area contributed by atoms with Crippen LogP contribution in [0.3, 0.4) is 0 Å². The number of hydrogen-bond donors (Lipinski definition) is 2. The molecule has 1 aromatic rings. The molecule has 0 aliphatic heterocycles. The van der Waals surface area contributed by atoms with E-state index in [4.69, 9.17) is 5.26 Å². The van der Waals surface area contributed by atoms with Crippen molar-refractivity contribution in [2.75, 3.05) is 31.2 Å². The van der Waals surface area contributed by atoms with Crippen molar-refractivity contribution in [3.63, 3.8) is 0 Å². The summed E-state index contributed by atoms with van der Waals surface area (Å²) in [6, 6.07) is 3.44. The largest absolute Gasteiger partial charge is 0.356 e. The first-order valence-corrected chi connectivity index (χ1v) is 10.7. The number of anilines is 1. The Labute approximate surface area is 179 Å². The molecule has 0 aliphatic rings. The van der Waals surface area contributed by atoms with Crippen LogP contribution in [-0.4, -0.2) is 53.0 Å². The first-order chi connectivity index (χ1) is 14.4. The summed E-state index contributed by atoms with van der Waals surface area (Å²) in [5, 5.41) is 13.5. The van der Waals surface area contributed by atoms with Crippen LogP contribution in [0.1, 0.15) is 65.6 Å². The zero-order valence-corrected chi connectivity index (χ0v) is 18.6. The maximum absolute atomic E-state index is 13.0. The summed E-state index contributed by atoms with van der Waals surface area (Å²) in [5.74, 6) is 0.823. The Hall–Kier alpha value is -2.89. The van der Waals surface area contributed by atoms with Crippen molar-refractivity contribution >= 4 is 17.8 Å². The molecule has 3 amide bonds. The number of hydrogen-bond acceptors (Lipinski definition) is 6. The van der Waals surface area contributed by atoms with Crippen molar-refractivity contribution in [1.82, 2.24) is 25.6 Å². The molecular weight excluding hydrogens is 382 g/mol. The van der Waals surface area contributed by atoms with Crippen molar-refractivity contribution in [2.45, 2.75) is 59.8 Å². The van der Waals surface area contributed by atoms with Crippen LogP contribution in [0.5, 0.6) is 0 Å². The first kappa shape index (κ1) is 25.1. The van der Waals surface area contributed by atoms with Crippen LogP contribution < -0.4 is 15.8 Å². The number of carbonyl (C=O) groups excluding carboxylic acids is 2. The molecular formula is C21H35N7O2. The molecule has 0 fully saturated rings. The molecule has 0 atom stereocenters. The topological polar surface area (TPSA) is 114 Å². The predicted octanol–water partition coefficient (Wildman–Crippen LogP) is 2.84. The summed E-state index contributed by atoms with van der Waals surface area (Å²) in [7, 11) is 0. The number of nitrogens with one attached hydrogen (secondary N) is 2.